The van der Waals surface area contributed by atoms with Crippen LogP contribution in [0.4, 0.5) is 0 Å². The van der Waals surface area contributed by atoms with Gasteiger partial charge < -0.3 is 20.7 Å². The van der Waals surface area contributed by atoms with Crippen molar-refractivity contribution >= 4 is 5.91 Å². The van der Waals surface area contributed by atoms with Crippen molar-refractivity contribution in [3.8, 4) is 5.75 Å². The Morgan fingerprint density at radius 3 is 2.59 bits per heavy atom. The van der Waals surface area contributed by atoms with Crippen molar-refractivity contribution < 1.29 is 9.53 Å². The molecule has 2 heterocycles. The number of benzene rings is 1. The van der Waals surface area contributed by atoms with Gasteiger partial charge in [-0.3, -0.25) is 9.78 Å². The Balaban J connectivity index is 1.61. The zero-order chi connectivity index (χ0) is 20.3. The van der Waals surface area contributed by atoms with Gasteiger partial charge in [0.1, 0.15) is 11.8 Å². The van der Waals surface area contributed by atoms with Crippen LogP contribution in [0.5, 0.6) is 5.75 Å². The molecule has 1 aliphatic heterocycles. The van der Waals surface area contributed by atoms with Gasteiger partial charge in [0.25, 0.3) is 0 Å². The van der Waals surface area contributed by atoms with E-state index in [4.69, 9.17) is 4.74 Å². The second-order valence-electron chi connectivity index (χ2n) is 7.44. The van der Waals surface area contributed by atoms with Gasteiger partial charge in [0.2, 0.25) is 5.91 Å². The minimum Gasteiger partial charge on any atom is -0.494 e. The van der Waals surface area contributed by atoms with Crippen LogP contribution in [0.3, 0.4) is 0 Å². The molecule has 1 unspecified atom stereocenters. The van der Waals surface area contributed by atoms with Crippen LogP contribution >= 0.6 is 0 Å². The monoisotopic (exact) mass is 396 g/mol. The van der Waals surface area contributed by atoms with Crippen molar-refractivity contribution in [1.82, 2.24) is 20.9 Å². The Hall–Kier alpha value is -2.44. The molecule has 1 aliphatic rings. The molecular weight excluding hydrogens is 364 g/mol. The van der Waals surface area contributed by atoms with E-state index in [2.05, 4.69) is 20.9 Å². The summed E-state index contributed by atoms with van der Waals surface area (Å²) in [6.07, 6.45) is 6.99. The van der Waals surface area contributed by atoms with Crippen LogP contribution in [0.2, 0.25) is 0 Å². The summed E-state index contributed by atoms with van der Waals surface area (Å²) in [4.78, 5) is 17.0. The Labute approximate surface area is 173 Å². The second kappa shape index (κ2) is 11.5. The SMILES string of the molecule is CCOc1ccc(C(NCCC2CCNCC2)C(=O)NCc2ccncc2)cc1. The summed E-state index contributed by atoms with van der Waals surface area (Å²) in [5.41, 5.74) is 1.99. The smallest absolute Gasteiger partial charge is 0.242 e. The van der Waals surface area contributed by atoms with E-state index >= 15 is 0 Å². The van der Waals surface area contributed by atoms with Crippen molar-refractivity contribution in [2.45, 2.75) is 38.8 Å². The maximum Gasteiger partial charge on any atom is 0.242 e. The summed E-state index contributed by atoms with van der Waals surface area (Å²) in [7, 11) is 0. The topological polar surface area (TPSA) is 75.3 Å². The lowest BCUT2D eigenvalue weighted by molar-refractivity contribution is -0.123. The van der Waals surface area contributed by atoms with Crippen LogP contribution in [0, 0.1) is 5.92 Å². The average molecular weight is 397 g/mol. The number of rotatable bonds is 10. The van der Waals surface area contributed by atoms with E-state index in [9.17, 15) is 4.79 Å². The fourth-order valence-corrected chi connectivity index (χ4v) is 3.68. The minimum atomic E-state index is -0.380. The van der Waals surface area contributed by atoms with E-state index in [0.29, 0.717) is 13.2 Å². The van der Waals surface area contributed by atoms with Crippen molar-refractivity contribution in [1.29, 1.82) is 0 Å². The highest BCUT2D eigenvalue weighted by molar-refractivity contribution is 5.83. The lowest BCUT2D eigenvalue weighted by Crippen LogP contribution is -2.38. The first-order valence-electron chi connectivity index (χ1n) is 10.6. The fourth-order valence-electron chi connectivity index (χ4n) is 3.68. The predicted octanol–water partition coefficient (Wildman–Crippen LogP) is 2.82. The molecule has 29 heavy (non-hydrogen) atoms. The van der Waals surface area contributed by atoms with Gasteiger partial charge in [0.15, 0.2) is 0 Å². The lowest BCUT2D eigenvalue weighted by atomic mass is 9.94. The highest BCUT2D eigenvalue weighted by Crippen LogP contribution is 2.20. The number of aromatic nitrogens is 1. The number of piperidine rings is 1. The molecular formula is C23H32N4O2. The molecule has 2 aromatic rings. The van der Waals surface area contributed by atoms with Crippen LogP contribution in [-0.2, 0) is 11.3 Å². The number of carbonyl (C=O) groups is 1. The van der Waals surface area contributed by atoms with E-state index in [1.54, 1.807) is 12.4 Å². The number of carbonyl (C=O) groups excluding carboxylic acids is 1. The van der Waals surface area contributed by atoms with E-state index in [1.807, 2.05) is 43.3 Å². The molecule has 1 amide bonds. The summed E-state index contributed by atoms with van der Waals surface area (Å²) < 4.78 is 5.53. The normalized spacial score (nSPS) is 15.6. The number of hydrogen-bond donors (Lipinski definition) is 3. The van der Waals surface area contributed by atoms with Crippen molar-refractivity contribution in [3.05, 3.63) is 59.9 Å². The molecule has 3 rings (SSSR count). The molecule has 6 heteroatoms. The van der Waals surface area contributed by atoms with Gasteiger partial charge in [0.05, 0.1) is 6.61 Å². The maximum absolute atomic E-state index is 13.0. The first-order chi connectivity index (χ1) is 14.3. The lowest BCUT2D eigenvalue weighted by Gasteiger charge is -2.24. The number of nitrogens with one attached hydrogen (secondary N) is 3. The first-order valence-corrected chi connectivity index (χ1v) is 10.6. The number of ether oxygens (including phenoxy) is 1. The molecule has 0 bridgehead atoms. The molecule has 0 radical (unpaired) electrons. The molecule has 6 nitrogen and oxygen atoms in total. The van der Waals surface area contributed by atoms with Gasteiger partial charge in [-0.25, -0.2) is 0 Å². The van der Waals surface area contributed by atoms with Crippen molar-refractivity contribution in [2.75, 3.05) is 26.2 Å². The predicted molar refractivity (Wildman–Crippen MR) is 115 cm³/mol. The highest BCUT2D eigenvalue weighted by Gasteiger charge is 2.21. The average Bonchev–Trinajstić information content (AvgIpc) is 2.77. The summed E-state index contributed by atoms with van der Waals surface area (Å²) in [6, 6.07) is 11.2. The molecule has 156 valence electrons. The summed E-state index contributed by atoms with van der Waals surface area (Å²) in [6.45, 7) is 6.10. The first kappa shape index (κ1) is 21.3. The van der Waals surface area contributed by atoms with Gasteiger partial charge in [-0.05, 0) is 87.1 Å². The van der Waals surface area contributed by atoms with Crippen molar-refractivity contribution in [2.24, 2.45) is 5.92 Å². The van der Waals surface area contributed by atoms with Gasteiger partial charge in [-0.15, -0.1) is 0 Å². The Morgan fingerprint density at radius 2 is 1.90 bits per heavy atom. The molecule has 1 atom stereocenters. The third kappa shape index (κ3) is 6.84. The molecule has 1 fully saturated rings. The molecule has 0 aliphatic carbocycles. The third-order valence-corrected chi connectivity index (χ3v) is 5.36. The zero-order valence-corrected chi connectivity index (χ0v) is 17.2. The molecule has 0 spiro atoms. The summed E-state index contributed by atoms with van der Waals surface area (Å²) in [5.74, 6) is 1.53. The molecule has 1 aromatic heterocycles. The second-order valence-corrected chi connectivity index (χ2v) is 7.44. The van der Waals surface area contributed by atoms with Crippen LogP contribution in [0.25, 0.3) is 0 Å². The highest BCUT2D eigenvalue weighted by atomic mass is 16.5. The van der Waals surface area contributed by atoms with Crippen LogP contribution < -0.4 is 20.7 Å². The summed E-state index contributed by atoms with van der Waals surface area (Å²) >= 11 is 0. The molecule has 0 saturated carbocycles. The number of nitrogens with zero attached hydrogens (tertiary/aromatic N) is 1. The number of pyridine rings is 1. The minimum absolute atomic E-state index is 0.0173. The quantitative estimate of drug-likeness (QED) is 0.576. The van der Waals surface area contributed by atoms with Gasteiger partial charge in [0, 0.05) is 18.9 Å². The molecule has 3 N–H and O–H groups in total. The van der Waals surface area contributed by atoms with E-state index in [0.717, 1.165) is 48.8 Å². The summed E-state index contributed by atoms with van der Waals surface area (Å²) in [5, 5.41) is 9.95. The number of amides is 1. The van der Waals surface area contributed by atoms with E-state index in [-0.39, 0.29) is 11.9 Å². The van der Waals surface area contributed by atoms with E-state index < -0.39 is 0 Å². The van der Waals surface area contributed by atoms with Crippen LogP contribution in [0.15, 0.2) is 48.8 Å². The van der Waals surface area contributed by atoms with Crippen LogP contribution in [0.1, 0.15) is 43.4 Å². The van der Waals surface area contributed by atoms with Crippen LogP contribution in [-0.4, -0.2) is 37.1 Å². The van der Waals surface area contributed by atoms with E-state index in [1.165, 1.54) is 12.8 Å². The van der Waals surface area contributed by atoms with Gasteiger partial charge in [-0.2, -0.15) is 0 Å². The Bertz CT molecular complexity index is 730. The largest absolute Gasteiger partial charge is 0.494 e. The Morgan fingerprint density at radius 1 is 1.17 bits per heavy atom. The third-order valence-electron chi connectivity index (χ3n) is 5.36. The molecule has 1 aromatic carbocycles. The molecule has 1 saturated heterocycles. The van der Waals surface area contributed by atoms with Crippen molar-refractivity contribution in [3.63, 3.8) is 0 Å². The maximum atomic E-state index is 13.0. The standard InChI is InChI=1S/C23H32N4O2/c1-2-29-21-5-3-20(4-6-21)22(26-16-11-18-7-12-24-13-8-18)23(28)27-17-19-9-14-25-15-10-19/h3-6,9-10,14-15,18,22,24,26H,2,7-8,11-13,16-17H2,1H3,(H,27,28). The Kier molecular flexibility index (Phi) is 8.46. The van der Waals surface area contributed by atoms with Gasteiger partial charge >= 0.3 is 0 Å². The van der Waals surface area contributed by atoms with Gasteiger partial charge in [-0.1, -0.05) is 12.1 Å². The fraction of sp³-hybridized carbons (Fsp3) is 0.478. The number of hydrogen-bond acceptors (Lipinski definition) is 5. The zero-order valence-electron chi connectivity index (χ0n) is 17.2.